The Labute approximate surface area is 105 Å². The molecule has 2 aromatic rings. The molecule has 2 aromatic heterocycles. The first-order valence-electron chi connectivity index (χ1n) is 5.39. The molecule has 0 unspecified atom stereocenters. The Kier molecular flexibility index (Phi) is 3.26. The number of aromatic nitrogens is 1. The second kappa shape index (κ2) is 4.55. The molecule has 0 saturated carbocycles. The number of hydrogen-bond donors (Lipinski definition) is 1. The van der Waals surface area contributed by atoms with Crippen LogP contribution in [0.25, 0.3) is 11.5 Å². The van der Waals surface area contributed by atoms with E-state index in [9.17, 15) is 0 Å². The standard InChI is InChI=1S/C12H15ClN2O2/c1-12(2,3)15-6-8-11(16-7-14-8)9-4-5-10(13)17-9/h4-5,7,15H,6H2,1-3H3. The van der Waals surface area contributed by atoms with Gasteiger partial charge in [0.25, 0.3) is 0 Å². The Morgan fingerprint density at radius 2 is 2.12 bits per heavy atom. The maximum atomic E-state index is 5.73. The minimum absolute atomic E-state index is 0.0248. The number of rotatable bonds is 3. The van der Waals surface area contributed by atoms with Crippen molar-refractivity contribution in [2.45, 2.75) is 32.9 Å². The molecular formula is C12H15ClN2O2. The Bertz CT molecular complexity index is 497. The zero-order chi connectivity index (χ0) is 12.5. The third-order valence-electron chi connectivity index (χ3n) is 2.22. The number of hydrogen-bond acceptors (Lipinski definition) is 4. The number of furan rings is 1. The van der Waals surface area contributed by atoms with Crippen molar-refractivity contribution in [2.75, 3.05) is 0 Å². The molecule has 0 aliphatic carbocycles. The van der Waals surface area contributed by atoms with E-state index in [2.05, 4.69) is 31.1 Å². The summed E-state index contributed by atoms with van der Waals surface area (Å²) in [6.07, 6.45) is 1.41. The van der Waals surface area contributed by atoms with Gasteiger partial charge >= 0.3 is 0 Å². The lowest BCUT2D eigenvalue weighted by atomic mass is 10.1. The highest BCUT2D eigenvalue weighted by Crippen LogP contribution is 2.27. The summed E-state index contributed by atoms with van der Waals surface area (Å²) in [6, 6.07) is 3.45. The zero-order valence-corrected chi connectivity index (χ0v) is 10.8. The maximum absolute atomic E-state index is 5.73. The van der Waals surface area contributed by atoms with Gasteiger partial charge in [-0.2, -0.15) is 0 Å². The molecule has 92 valence electrons. The van der Waals surface area contributed by atoms with Gasteiger partial charge in [-0.1, -0.05) is 0 Å². The summed E-state index contributed by atoms with van der Waals surface area (Å²) in [5, 5.41) is 3.68. The van der Waals surface area contributed by atoms with Crippen LogP contribution in [0.4, 0.5) is 0 Å². The zero-order valence-electron chi connectivity index (χ0n) is 10.1. The van der Waals surface area contributed by atoms with Crippen LogP contribution < -0.4 is 5.32 Å². The third-order valence-corrected chi connectivity index (χ3v) is 2.43. The fourth-order valence-electron chi connectivity index (χ4n) is 1.38. The third kappa shape index (κ3) is 3.11. The predicted octanol–water partition coefficient (Wildman–Crippen LogP) is 3.48. The summed E-state index contributed by atoms with van der Waals surface area (Å²) in [5.74, 6) is 1.21. The molecule has 0 spiro atoms. The molecule has 1 N–H and O–H groups in total. The summed E-state index contributed by atoms with van der Waals surface area (Å²) in [7, 11) is 0. The molecule has 0 amide bonds. The van der Waals surface area contributed by atoms with Crippen molar-refractivity contribution in [1.29, 1.82) is 0 Å². The van der Waals surface area contributed by atoms with Gasteiger partial charge < -0.3 is 14.2 Å². The molecule has 0 aliphatic rings. The van der Waals surface area contributed by atoms with E-state index in [1.807, 2.05) is 0 Å². The fraction of sp³-hybridized carbons (Fsp3) is 0.417. The largest absolute Gasteiger partial charge is 0.441 e. The van der Waals surface area contributed by atoms with Crippen molar-refractivity contribution >= 4 is 11.6 Å². The second-order valence-corrected chi connectivity index (χ2v) is 5.21. The first-order chi connectivity index (χ1) is 7.96. The van der Waals surface area contributed by atoms with Crippen LogP contribution in [0.3, 0.4) is 0 Å². The van der Waals surface area contributed by atoms with Crippen molar-refractivity contribution in [1.82, 2.24) is 10.3 Å². The van der Waals surface area contributed by atoms with Gasteiger partial charge in [-0.25, -0.2) is 4.98 Å². The van der Waals surface area contributed by atoms with Gasteiger partial charge in [0.15, 0.2) is 23.1 Å². The van der Waals surface area contributed by atoms with Gasteiger partial charge in [0.2, 0.25) is 0 Å². The lowest BCUT2D eigenvalue weighted by Gasteiger charge is -2.19. The number of nitrogens with zero attached hydrogens (tertiary/aromatic N) is 1. The van der Waals surface area contributed by atoms with Crippen LogP contribution in [0.2, 0.25) is 5.22 Å². The highest BCUT2D eigenvalue weighted by atomic mass is 35.5. The molecule has 0 aliphatic heterocycles. The normalized spacial score (nSPS) is 12.0. The summed E-state index contributed by atoms with van der Waals surface area (Å²) < 4.78 is 10.6. The number of oxazole rings is 1. The summed E-state index contributed by atoms with van der Waals surface area (Å²) in [6.45, 7) is 6.90. The maximum Gasteiger partial charge on any atom is 0.194 e. The first-order valence-corrected chi connectivity index (χ1v) is 5.76. The number of halogens is 1. The SMILES string of the molecule is CC(C)(C)NCc1ncoc1-c1ccc(Cl)o1. The van der Waals surface area contributed by atoms with Crippen LogP contribution in [-0.2, 0) is 6.54 Å². The Hall–Kier alpha value is -1.26. The Morgan fingerprint density at radius 1 is 1.35 bits per heavy atom. The fourth-order valence-corrected chi connectivity index (χ4v) is 1.53. The Morgan fingerprint density at radius 3 is 2.71 bits per heavy atom. The molecule has 0 aromatic carbocycles. The van der Waals surface area contributed by atoms with E-state index in [0.717, 1.165) is 5.69 Å². The molecule has 17 heavy (non-hydrogen) atoms. The monoisotopic (exact) mass is 254 g/mol. The second-order valence-electron chi connectivity index (χ2n) is 4.84. The molecule has 0 saturated heterocycles. The van der Waals surface area contributed by atoms with Crippen molar-refractivity contribution in [3.8, 4) is 11.5 Å². The van der Waals surface area contributed by atoms with Crippen LogP contribution >= 0.6 is 11.6 Å². The van der Waals surface area contributed by atoms with Gasteiger partial charge in [-0.15, -0.1) is 0 Å². The lowest BCUT2D eigenvalue weighted by Crippen LogP contribution is -2.35. The highest BCUT2D eigenvalue weighted by Gasteiger charge is 2.16. The predicted molar refractivity (Wildman–Crippen MR) is 65.8 cm³/mol. The molecule has 0 bridgehead atoms. The smallest absolute Gasteiger partial charge is 0.194 e. The van der Waals surface area contributed by atoms with E-state index in [-0.39, 0.29) is 5.54 Å². The molecule has 0 fully saturated rings. The van der Waals surface area contributed by atoms with Crippen LogP contribution in [0.15, 0.2) is 27.4 Å². The summed E-state index contributed by atoms with van der Waals surface area (Å²) in [4.78, 5) is 4.17. The topological polar surface area (TPSA) is 51.2 Å². The van der Waals surface area contributed by atoms with Gasteiger partial charge in [0, 0.05) is 12.1 Å². The summed E-state index contributed by atoms with van der Waals surface area (Å²) in [5.41, 5.74) is 0.836. The minimum Gasteiger partial charge on any atom is -0.441 e. The minimum atomic E-state index is 0.0248. The van der Waals surface area contributed by atoms with E-state index in [0.29, 0.717) is 23.3 Å². The van der Waals surface area contributed by atoms with Crippen LogP contribution in [0, 0.1) is 0 Å². The quantitative estimate of drug-likeness (QED) is 0.911. The molecule has 2 rings (SSSR count). The first kappa shape index (κ1) is 12.2. The van der Waals surface area contributed by atoms with Gasteiger partial charge in [0.05, 0.1) is 0 Å². The number of nitrogens with one attached hydrogen (secondary N) is 1. The van der Waals surface area contributed by atoms with Gasteiger partial charge in [-0.05, 0) is 44.5 Å². The molecular weight excluding hydrogens is 240 g/mol. The van der Waals surface area contributed by atoms with E-state index in [1.165, 1.54) is 6.39 Å². The van der Waals surface area contributed by atoms with Crippen LogP contribution in [-0.4, -0.2) is 10.5 Å². The molecule has 4 nitrogen and oxygen atoms in total. The van der Waals surface area contributed by atoms with Crippen LogP contribution in [0.5, 0.6) is 0 Å². The molecule has 0 radical (unpaired) electrons. The average Bonchev–Trinajstić information content (AvgIpc) is 2.81. The van der Waals surface area contributed by atoms with Crippen molar-refractivity contribution in [3.63, 3.8) is 0 Å². The van der Waals surface area contributed by atoms with E-state index in [1.54, 1.807) is 12.1 Å². The Balaban J connectivity index is 2.17. The highest BCUT2D eigenvalue weighted by molar-refractivity contribution is 6.28. The van der Waals surface area contributed by atoms with Crippen molar-refractivity contribution in [3.05, 3.63) is 29.4 Å². The van der Waals surface area contributed by atoms with E-state index >= 15 is 0 Å². The van der Waals surface area contributed by atoms with Crippen LogP contribution in [0.1, 0.15) is 26.5 Å². The molecule has 5 heteroatoms. The average molecular weight is 255 g/mol. The summed E-state index contributed by atoms with van der Waals surface area (Å²) >= 11 is 5.73. The van der Waals surface area contributed by atoms with E-state index in [4.69, 9.17) is 20.4 Å². The molecule has 2 heterocycles. The van der Waals surface area contributed by atoms with Gasteiger partial charge in [0.1, 0.15) is 5.69 Å². The molecule has 0 atom stereocenters. The van der Waals surface area contributed by atoms with Crippen molar-refractivity contribution < 1.29 is 8.83 Å². The van der Waals surface area contributed by atoms with E-state index < -0.39 is 0 Å². The lowest BCUT2D eigenvalue weighted by molar-refractivity contribution is 0.420. The van der Waals surface area contributed by atoms with Crippen molar-refractivity contribution in [2.24, 2.45) is 0 Å². The van der Waals surface area contributed by atoms with Gasteiger partial charge in [-0.3, -0.25) is 0 Å².